The number of fused-ring (bicyclic) bond motifs is 14. The number of hydrogen-bond acceptors (Lipinski definition) is 12. The highest BCUT2D eigenvalue weighted by atomic mass is 127. The van der Waals surface area contributed by atoms with Gasteiger partial charge < -0.3 is 33.6 Å². The molecule has 192 valence electrons. The predicted molar refractivity (Wildman–Crippen MR) is 136 cm³/mol. The number of nitrogens with zero attached hydrogens (tertiary/aromatic N) is 5. The molecule has 15 heteroatoms. The number of halogens is 1. The van der Waals surface area contributed by atoms with Gasteiger partial charge >= 0.3 is 0 Å². The van der Waals surface area contributed by atoms with Crippen molar-refractivity contribution >= 4 is 34.4 Å². The monoisotopic (exact) mass is 628 g/mol. The fraction of sp³-hybridized carbons (Fsp3) is 0.174. The van der Waals surface area contributed by atoms with Crippen LogP contribution in [0.3, 0.4) is 0 Å². The van der Waals surface area contributed by atoms with E-state index in [1.54, 1.807) is 12.1 Å². The Hall–Kier alpha value is -4.38. The maximum Gasteiger partial charge on any atom is 0.273 e. The summed E-state index contributed by atoms with van der Waals surface area (Å²) in [6.45, 7) is 1.64. The van der Waals surface area contributed by atoms with Crippen LogP contribution in [0.1, 0.15) is 21.0 Å². The third-order valence-corrected chi connectivity index (χ3v) is 5.95. The van der Waals surface area contributed by atoms with E-state index >= 15 is 0 Å². The summed E-state index contributed by atoms with van der Waals surface area (Å²) in [7, 11) is 0. The highest BCUT2D eigenvalue weighted by Gasteiger charge is 2.21. The molecular weight excluding hydrogens is 611 g/mol. The van der Waals surface area contributed by atoms with Crippen LogP contribution in [0.15, 0.2) is 54.9 Å². The number of oxazole rings is 4. The van der Waals surface area contributed by atoms with Crippen LogP contribution in [0.2, 0.25) is 0 Å². The Morgan fingerprint density at radius 1 is 0.553 bits per heavy atom. The van der Waals surface area contributed by atoms with Crippen molar-refractivity contribution in [3.63, 3.8) is 0 Å². The van der Waals surface area contributed by atoms with Gasteiger partial charge in [0.2, 0.25) is 23.6 Å². The van der Waals surface area contributed by atoms with Gasteiger partial charge in [0, 0.05) is 29.7 Å². The molecule has 14 nitrogen and oxygen atoms in total. The number of pyridine rings is 1. The van der Waals surface area contributed by atoms with Gasteiger partial charge in [-0.1, -0.05) is 0 Å². The molecule has 5 aromatic rings. The second-order valence-corrected chi connectivity index (χ2v) is 9.21. The van der Waals surface area contributed by atoms with Crippen LogP contribution in [0.5, 0.6) is 0 Å². The fourth-order valence-corrected chi connectivity index (χ4v) is 4.11. The van der Waals surface area contributed by atoms with E-state index in [0.717, 1.165) is 3.57 Å². The minimum absolute atomic E-state index is 0.104. The van der Waals surface area contributed by atoms with Gasteiger partial charge in [-0.25, -0.2) is 24.9 Å². The van der Waals surface area contributed by atoms with Crippen molar-refractivity contribution in [2.24, 2.45) is 0 Å². The molecule has 1 aliphatic heterocycles. The van der Waals surface area contributed by atoms with E-state index in [9.17, 15) is 9.59 Å². The maximum atomic E-state index is 12.4. The molecule has 0 spiro atoms. The zero-order valence-corrected chi connectivity index (χ0v) is 21.5. The summed E-state index contributed by atoms with van der Waals surface area (Å²) in [6.07, 6.45) is 5.24. The van der Waals surface area contributed by atoms with Gasteiger partial charge in [0.25, 0.3) is 11.8 Å². The Labute approximate surface area is 226 Å². The standard InChI is InChI=1S/C23H17IN8O6/c24-11-5-12-20-31-16(9-37-20)22-29-14(7-35-22)18(33)26-3-1-25-2-4-27-19(34)15-8-36-23(30-15)17-10-38-21(32-17)13(6-11)28-12/h5-10,25H,1-4H2,(H,26,33)(H,27,34). The van der Waals surface area contributed by atoms with Crippen LogP contribution in [-0.4, -0.2) is 62.9 Å². The molecule has 0 unspecified atom stereocenters. The van der Waals surface area contributed by atoms with Crippen molar-refractivity contribution in [2.45, 2.75) is 0 Å². The Morgan fingerprint density at radius 2 is 0.947 bits per heavy atom. The van der Waals surface area contributed by atoms with Gasteiger partial charge in [0.15, 0.2) is 22.8 Å². The first-order valence-corrected chi connectivity index (χ1v) is 12.4. The van der Waals surface area contributed by atoms with E-state index in [-0.39, 0.29) is 35.0 Å². The first-order chi connectivity index (χ1) is 18.5. The molecular formula is C23H17IN8O6. The Morgan fingerprint density at radius 3 is 1.42 bits per heavy atom. The molecule has 38 heavy (non-hydrogen) atoms. The van der Waals surface area contributed by atoms with E-state index in [0.29, 0.717) is 49.0 Å². The van der Waals surface area contributed by atoms with Crippen molar-refractivity contribution in [3.8, 4) is 46.3 Å². The topological polar surface area (TPSA) is 187 Å². The Bertz CT molecular complexity index is 1520. The number of rotatable bonds is 0. The lowest BCUT2D eigenvalue weighted by molar-refractivity contribution is 0.0943. The van der Waals surface area contributed by atoms with Gasteiger partial charge in [-0.2, -0.15) is 0 Å². The normalized spacial score (nSPS) is 14.4. The Kier molecular flexibility index (Phi) is 6.42. The summed E-state index contributed by atoms with van der Waals surface area (Å²) in [6, 6.07) is 3.55. The highest BCUT2D eigenvalue weighted by molar-refractivity contribution is 14.1. The van der Waals surface area contributed by atoms with E-state index in [1.807, 2.05) is 0 Å². The summed E-state index contributed by atoms with van der Waals surface area (Å²) in [4.78, 5) is 46.7. The van der Waals surface area contributed by atoms with Crippen molar-refractivity contribution in [1.82, 2.24) is 40.9 Å². The zero-order chi connectivity index (χ0) is 26.1. The first-order valence-electron chi connectivity index (χ1n) is 11.3. The number of carbonyl (C=O) groups excluding carboxylic acids is 2. The van der Waals surface area contributed by atoms with E-state index in [4.69, 9.17) is 17.7 Å². The van der Waals surface area contributed by atoms with Crippen LogP contribution in [-0.2, 0) is 0 Å². The van der Waals surface area contributed by atoms with Gasteiger partial charge in [-0.05, 0) is 34.7 Å². The van der Waals surface area contributed by atoms with Gasteiger partial charge in [-0.15, -0.1) is 0 Å². The largest absolute Gasteiger partial charge is 0.442 e. The molecule has 0 fully saturated rings. The molecule has 0 atom stereocenters. The Balaban J connectivity index is 1.34. The molecule has 10 bridgehead atoms. The molecule has 2 amide bonds. The van der Waals surface area contributed by atoms with Crippen molar-refractivity contribution < 1.29 is 27.3 Å². The molecule has 1 aliphatic rings. The highest BCUT2D eigenvalue weighted by Crippen LogP contribution is 2.29. The third kappa shape index (κ3) is 4.92. The molecule has 0 aromatic carbocycles. The second-order valence-electron chi connectivity index (χ2n) is 7.97. The minimum atomic E-state index is -0.399. The number of carbonyl (C=O) groups is 2. The van der Waals surface area contributed by atoms with Crippen LogP contribution < -0.4 is 16.0 Å². The SMILES string of the molecule is O=C1NCCNCCNC(=O)c2coc(n2)-c2coc(n2)-c2cc(I)cc(n2)-c2nc(co2)-c2nc1co2. The van der Waals surface area contributed by atoms with E-state index in [1.165, 1.54) is 25.1 Å². The van der Waals surface area contributed by atoms with E-state index < -0.39 is 11.8 Å². The lowest BCUT2D eigenvalue weighted by Gasteiger charge is -2.06. The minimum Gasteiger partial charge on any atom is -0.442 e. The molecule has 6 rings (SSSR count). The zero-order valence-electron chi connectivity index (χ0n) is 19.4. The third-order valence-electron chi connectivity index (χ3n) is 5.32. The van der Waals surface area contributed by atoms with Gasteiger partial charge in [0.05, 0.1) is 0 Å². The van der Waals surface area contributed by atoms with Gasteiger partial charge in [0.1, 0.15) is 36.4 Å². The first kappa shape index (κ1) is 24.0. The van der Waals surface area contributed by atoms with Crippen molar-refractivity contribution in [1.29, 1.82) is 0 Å². The average Bonchev–Trinajstić information content (AvgIpc) is 3.72. The molecule has 0 saturated carbocycles. The maximum absolute atomic E-state index is 12.4. The molecule has 0 aliphatic carbocycles. The molecule has 3 N–H and O–H groups in total. The van der Waals surface area contributed by atoms with Crippen LogP contribution in [0.25, 0.3) is 46.3 Å². The molecule has 6 heterocycles. The number of nitrogens with one attached hydrogen (secondary N) is 3. The number of aromatic nitrogens is 5. The number of amides is 2. The predicted octanol–water partition coefficient (Wildman–Crippen LogP) is 2.37. The lowest BCUT2D eigenvalue weighted by Crippen LogP contribution is -2.36. The van der Waals surface area contributed by atoms with Crippen molar-refractivity contribution in [2.75, 3.05) is 26.2 Å². The molecule has 0 saturated heterocycles. The number of hydrogen-bond donors (Lipinski definition) is 3. The van der Waals surface area contributed by atoms with Crippen molar-refractivity contribution in [3.05, 3.63) is 52.1 Å². The lowest BCUT2D eigenvalue weighted by atomic mass is 10.3. The fourth-order valence-electron chi connectivity index (χ4n) is 3.52. The smallest absolute Gasteiger partial charge is 0.273 e. The summed E-state index contributed by atoms with van der Waals surface area (Å²) in [5.41, 5.74) is 1.65. The van der Waals surface area contributed by atoms with E-state index in [2.05, 4.69) is 63.5 Å². The summed E-state index contributed by atoms with van der Waals surface area (Å²) < 4.78 is 22.9. The quantitative estimate of drug-likeness (QED) is 0.213. The van der Waals surface area contributed by atoms with Crippen LogP contribution in [0, 0.1) is 3.57 Å². The second kappa shape index (κ2) is 10.2. The average molecular weight is 628 g/mol. The summed E-state index contributed by atoms with van der Waals surface area (Å²) >= 11 is 2.13. The van der Waals surface area contributed by atoms with Gasteiger partial charge in [-0.3, -0.25) is 9.59 Å². The van der Waals surface area contributed by atoms with Crippen LogP contribution >= 0.6 is 22.6 Å². The summed E-state index contributed by atoms with van der Waals surface area (Å²) in [5, 5.41) is 8.61. The van der Waals surface area contributed by atoms with Crippen LogP contribution in [0.4, 0.5) is 0 Å². The molecule has 0 radical (unpaired) electrons. The molecule has 5 aromatic heterocycles. The summed E-state index contributed by atoms with van der Waals surface area (Å²) in [5.74, 6) is -0.128.